The number of nitriles is 1. The van der Waals surface area contributed by atoms with Gasteiger partial charge in [0.1, 0.15) is 18.7 Å². The molecule has 2 heterocycles. The molecule has 14 heavy (non-hydrogen) atoms. The van der Waals surface area contributed by atoms with E-state index in [4.69, 9.17) is 11.0 Å². The highest BCUT2D eigenvalue weighted by Crippen LogP contribution is 2.16. The lowest BCUT2D eigenvalue weighted by molar-refractivity contribution is 0.847. The van der Waals surface area contributed by atoms with E-state index < -0.39 is 0 Å². The maximum Gasteiger partial charge on any atom is 0.179 e. The minimum absolute atomic E-state index is 0.306. The van der Waals surface area contributed by atoms with Crippen molar-refractivity contribution >= 4 is 5.69 Å². The normalized spacial score (nSPS) is 9.64. The van der Waals surface area contributed by atoms with E-state index in [1.54, 1.807) is 6.07 Å². The summed E-state index contributed by atoms with van der Waals surface area (Å²) < 4.78 is 1.41. The minimum atomic E-state index is 0.306. The molecule has 0 aromatic carbocycles. The Morgan fingerprint density at radius 1 is 1.50 bits per heavy atom. The number of nitrogen functional groups attached to an aromatic ring is 1. The predicted molar refractivity (Wildman–Crippen MR) is 48.3 cm³/mol. The maximum atomic E-state index is 8.74. The van der Waals surface area contributed by atoms with Gasteiger partial charge in [-0.05, 0) is 6.07 Å². The molecule has 0 unspecified atom stereocenters. The fourth-order valence-electron chi connectivity index (χ4n) is 1.06. The van der Waals surface area contributed by atoms with Crippen LogP contribution in [0, 0.1) is 11.3 Å². The summed E-state index contributed by atoms with van der Waals surface area (Å²) in [5.41, 5.74) is 6.40. The number of nitrogens with zero attached hydrogens (tertiary/aromatic N) is 5. The standard InChI is InChI=1S/C8H6N6/c9-3-6-1-2-12-8(7(6)10)14-5-11-4-13-14/h1-2,4-5H,10H2. The van der Waals surface area contributed by atoms with Crippen molar-refractivity contribution in [3.63, 3.8) is 0 Å². The first-order valence-electron chi connectivity index (χ1n) is 3.82. The highest BCUT2D eigenvalue weighted by molar-refractivity contribution is 5.62. The van der Waals surface area contributed by atoms with Gasteiger partial charge in [0.2, 0.25) is 0 Å². The van der Waals surface area contributed by atoms with Gasteiger partial charge < -0.3 is 5.73 Å². The summed E-state index contributed by atoms with van der Waals surface area (Å²) >= 11 is 0. The van der Waals surface area contributed by atoms with Crippen LogP contribution in [-0.4, -0.2) is 19.7 Å². The SMILES string of the molecule is N#Cc1ccnc(-n2cncn2)c1N. The van der Waals surface area contributed by atoms with Crippen LogP contribution in [0.2, 0.25) is 0 Å². The molecule has 0 aliphatic rings. The monoisotopic (exact) mass is 186 g/mol. The molecule has 0 amide bonds. The molecule has 0 atom stereocenters. The molecule has 0 fully saturated rings. The molecule has 0 bridgehead atoms. The molecule has 6 heteroatoms. The summed E-state index contributed by atoms with van der Waals surface area (Å²) in [4.78, 5) is 7.78. The molecule has 0 saturated heterocycles. The van der Waals surface area contributed by atoms with E-state index in [-0.39, 0.29) is 0 Å². The Hall–Kier alpha value is -2.42. The van der Waals surface area contributed by atoms with Gasteiger partial charge in [-0.1, -0.05) is 0 Å². The molecule has 68 valence electrons. The van der Waals surface area contributed by atoms with Crippen LogP contribution in [0.15, 0.2) is 24.9 Å². The average molecular weight is 186 g/mol. The molecule has 0 saturated carbocycles. The lowest BCUT2D eigenvalue weighted by Gasteiger charge is -2.03. The molecule has 0 radical (unpaired) electrons. The van der Waals surface area contributed by atoms with Gasteiger partial charge in [-0.3, -0.25) is 0 Å². The van der Waals surface area contributed by atoms with Gasteiger partial charge >= 0.3 is 0 Å². The third-order valence-electron chi connectivity index (χ3n) is 1.73. The van der Waals surface area contributed by atoms with Gasteiger partial charge in [-0.15, -0.1) is 0 Å². The minimum Gasteiger partial charge on any atom is -0.395 e. The number of aromatic nitrogens is 4. The fraction of sp³-hybridized carbons (Fsp3) is 0. The highest BCUT2D eigenvalue weighted by Gasteiger charge is 2.07. The Labute approximate surface area is 79.6 Å². The van der Waals surface area contributed by atoms with Gasteiger partial charge in [0.05, 0.1) is 11.3 Å². The van der Waals surface area contributed by atoms with E-state index in [0.29, 0.717) is 17.1 Å². The lowest BCUT2D eigenvalue weighted by atomic mass is 10.2. The number of hydrogen-bond acceptors (Lipinski definition) is 5. The second kappa shape index (κ2) is 3.14. The first kappa shape index (κ1) is 8.19. The Morgan fingerprint density at radius 2 is 2.36 bits per heavy atom. The Bertz CT molecular complexity index is 481. The van der Waals surface area contributed by atoms with Crippen LogP contribution in [0.3, 0.4) is 0 Å². The second-order valence-electron chi connectivity index (χ2n) is 2.55. The smallest absolute Gasteiger partial charge is 0.179 e. The Balaban J connectivity index is 2.61. The van der Waals surface area contributed by atoms with Crippen LogP contribution in [0.5, 0.6) is 0 Å². The molecule has 2 rings (SSSR count). The first-order chi connectivity index (χ1) is 6.83. The summed E-state index contributed by atoms with van der Waals surface area (Å²) in [5, 5.41) is 12.6. The van der Waals surface area contributed by atoms with E-state index >= 15 is 0 Å². The maximum absolute atomic E-state index is 8.74. The number of rotatable bonds is 1. The van der Waals surface area contributed by atoms with E-state index in [9.17, 15) is 0 Å². The van der Waals surface area contributed by atoms with E-state index in [1.807, 2.05) is 6.07 Å². The fourth-order valence-corrected chi connectivity index (χ4v) is 1.06. The van der Waals surface area contributed by atoms with Crippen molar-refractivity contribution in [1.82, 2.24) is 19.7 Å². The van der Waals surface area contributed by atoms with Crippen LogP contribution in [0.4, 0.5) is 5.69 Å². The summed E-state index contributed by atoms with van der Waals surface area (Å²) in [5.74, 6) is 0.418. The molecule has 0 aliphatic carbocycles. The zero-order valence-corrected chi connectivity index (χ0v) is 7.12. The van der Waals surface area contributed by atoms with Crippen molar-refractivity contribution in [2.45, 2.75) is 0 Å². The third kappa shape index (κ3) is 1.17. The van der Waals surface area contributed by atoms with Gasteiger partial charge in [-0.2, -0.15) is 10.4 Å². The van der Waals surface area contributed by atoms with Crippen LogP contribution in [0.1, 0.15) is 5.56 Å². The summed E-state index contributed by atoms with van der Waals surface area (Å²) in [6, 6.07) is 3.52. The van der Waals surface area contributed by atoms with Crippen LogP contribution >= 0.6 is 0 Å². The van der Waals surface area contributed by atoms with E-state index in [2.05, 4.69) is 15.1 Å². The van der Waals surface area contributed by atoms with Crippen LogP contribution in [0.25, 0.3) is 5.82 Å². The predicted octanol–water partition coefficient (Wildman–Crippen LogP) is 0.116. The van der Waals surface area contributed by atoms with Gasteiger partial charge in [0, 0.05) is 6.20 Å². The van der Waals surface area contributed by atoms with Crippen molar-refractivity contribution in [2.24, 2.45) is 0 Å². The first-order valence-corrected chi connectivity index (χ1v) is 3.82. The molecular weight excluding hydrogens is 180 g/mol. The highest BCUT2D eigenvalue weighted by atomic mass is 15.3. The number of pyridine rings is 1. The molecule has 0 spiro atoms. The van der Waals surface area contributed by atoms with Crippen LogP contribution in [-0.2, 0) is 0 Å². The Kier molecular flexibility index (Phi) is 1.84. The summed E-state index contributed by atoms with van der Waals surface area (Å²) in [6.07, 6.45) is 4.35. The zero-order valence-electron chi connectivity index (χ0n) is 7.12. The largest absolute Gasteiger partial charge is 0.395 e. The summed E-state index contributed by atoms with van der Waals surface area (Å²) in [6.45, 7) is 0. The van der Waals surface area contributed by atoms with Crippen molar-refractivity contribution in [2.75, 3.05) is 5.73 Å². The zero-order chi connectivity index (χ0) is 9.97. The third-order valence-corrected chi connectivity index (χ3v) is 1.73. The van der Waals surface area contributed by atoms with Gasteiger partial charge in [-0.25, -0.2) is 14.6 Å². The number of nitrogens with two attached hydrogens (primary N) is 1. The summed E-state index contributed by atoms with van der Waals surface area (Å²) in [7, 11) is 0. The van der Waals surface area contributed by atoms with E-state index in [1.165, 1.54) is 23.5 Å². The number of anilines is 1. The van der Waals surface area contributed by atoms with Crippen molar-refractivity contribution in [3.8, 4) is 11.9 Å². The lowest BCUT2D eigenvalue weighted by Crippen LogP contribution is -2.04. The Morgan fingerprint density at radius 3 is 3.00 bits per heavy atom. The molecular formula is C8H6N6. The second-order valence-corrected chi connectivity index (χ2v) is 2.55. The number of hydrogen-bond donors (Lipinski definition) is 1. The average Bonchev–Trinajstić information content (AvgIpc) is 2.71. The van der Waals surface area contributed by atoms with Gasteiger partial charge in [0.15, 0.2) is 5.82 Å². The van der Waals surface area contributed by atoms with Crippen molar-refractivity contribution in [1.29, 1.82) is 5.26 Å². The molecule has 2 N–H and O–H groups in total. The topological polar surface area (TPSA) is 93.4 Å². The van der Waals surface area contributed by atoms with E-state index in [0.717, 1.165) is 0 Å². The van der Waals surface area contributed by atoms with Crippen LogP contribution < -0.4 is 5.73 Å². The molecule has 0 aliphatic heterocycles. The van der Waals surface area contributed by atoms with Crippen molar-refractivity contribution < 1.29 is 0 Å². The van der Waals surface area contributed by atoms with Crippen molar-refractivity contribution in [3.05, 3.63) is 30.5 Å². The molecule has 6 nitrogen and oxygen atoms in total. The quantitative estimate of drug-likeness (QED) is 0.682. The molecule has 2 aromatic rings. The van der Waals surface area contributed by atoms with Gasteiger partial charge in [0.25, 0.3) is 0 Å². The molecule has 2 aromatic heterocycles.